The van der Waals surface area contributed by atoms with Crippen molar-refractivity contribution in [3.8, 4) is 0 Å². The van der Waals surface area contributed by atoms with E-state index in [0.717, 1.165) is 25.4 Å². The van der Waals surface area contributed by atoms with Crippen LogP contribution in [-0.4, -0.2) is 34.6 Å². The molecule has 8 nitrogen and oxygen atoms in total. The molecule has 24 heavy (non-hydrogen) atoms. The summed E-state index contributed by atoms with van der Waals surface area (Å²) < 4.78 is 17.6. The maximum atomic E-state index is 13.1. The van der Waals surface area contributed by atoms with Crippen LogP contribution >= 0.6 is 0 Å². The Kier molecular flexibility index (Phi) is 5.38. The molecule has 1 atom stereocenters. The lowest BCUT2D eigenvalue weighted by Crippen LogP contribution is -2.15. The fourth-order valence-corrected chi connectivity index (χ4v) is 1.98. The smallest absolute Gasteiger partial charge is 0.339 e. The maximum absolute atomic E-state index is 13.1. The van der Waals surface area contributed by atoms with Gasteiger partial charge in [0.25, 0.3) is 0 Å². The SMILES string of the molecule is COC(=O)c1cnc(NCC(O)c2cccc(F)c2)c([N+](=O)[O-])c1. The number of esters is 1. The van der Waals surface area contributed by atoms with Crippen LogP contribution in [0.5, 0.6) is 0 Å². The second kappa shape index (κ2) is 7.47. The predicted molar refractivity (Wildman–Crippen MR) is 82.1 cm³/mol. The molecule has 0 aliphatic carbocycles. The molecule has 2 rings (SSSR count). The number of hydrogen-bond acceptors (Lipinski definition) is 7. The molecule has 126 valence electrons. The van der Waals surface area contributed by atoms with Gasteiger partial charge < -0.3 is 15.2 Å². The molecule has 1 unspecified atom stereocenters. The summed E-state index contributed by atoms with van der Waals surface area (Å²) >= 11 is 0. The van der Waals surface area contributed by atoms with Gasteiger partial charge in [0.15, 0.2) is 0 Å². The molecule has 0 saturated heterocycles. The Hall–Kier alpha value is -3.07. The van der Waals surface area contributed by atoms with E-state index in [1.807, 2.05) is 0 Å². The minimum Gasteiger partial charge on any atom is -0.465 e. The quantitative estimate of drug-likeness (QED) is 0.472. The fraction of sp³-hybridized carbons (Fsp3) is 0.200. The second-order valence-corrected chi connectivity index (χ2v) is 4.79. The number of aliphatic hydroxyl groups excluding tert-OH is 1. The number of halogens is 1. The Morgan fingerprint density at radius 3 is 2.88 bits per heavy atom. The molecule has 0 spiro atoms. The first-order valence-corrected chi connectivity index (χ1v) is 6.82. The summed E-state index contributed by atoms with van der Waals surface area (Å²) in [5.41, 5.74) is -0.193. The van der Waals surface area contributed by atoms with Gasteiger partial charge in [0, 0.05) is 18.8 Å². The number of methoxy groups -OCH3 is 1. The Bertz CT molecular complexity index is 769. The van der Waals surface area contributed by atoms with E-state index in [4.69, 9.17) is 0 Å². The monoisotopic (exact) mass is 335 g/mol. The van der Waals surface area contributed by atoms with Crippen molar-refractivity contribution in [2.24, 2.45) is 0 Å². The molecule has 2 aromatic rings. The molecule has 1 aromatic carbocycles. The van der Waals surface area contributed by atoms with Gasteiger partial charge in [-0.25, -0.2) is 14.2 Å². The Morgan fingerprint density at radius 2 is 2.25 bits per heavy atom. The van der Waals surface area contributed by atoms with Crippen LogP contribution < -0.4 is 5.32 Å². The molecule has 0 aliphatic rings. The van der Waals surface area contributed by atoms with Gasteiger partial charge in [-0.15, -0.1) is 0 Å². The minimum absolute atomic E-state index is 0.0690. The summed E-state index contributed by atoms with van der Waals surface area (Å²) in [5.74, 6) is -1.38. The van der Waals surface area contributed by atoms with Crippen molar-refractivity contribution in [2.45, 2.75) is 6.10 Å². The zero-order valence-electron chi connectivity index (χ0n) is 12.6. The highest BCUT2D eigenvalue weighted by Gasteiger charge is 2.20. The van der Waals surface area contributed by atoms with Crippen LogP contribution in [0.25, 0.3) is 0 Å². The van der Waals surface area contributed by atoms with Crippen LogP contribution in [0.2, 0.25) is 0 Å². The lowest BCUT2D eigenvalue weighted by atomic mass is 10.1. The Balaban J connectivity index is 2.17. The van der Waals surface area contributed by atoms with Gasteiger partial charge >= 0.3 is 11.7 Å². The van der Waals surface area contributed by atoms with Crippen molar-refractivity contribution in [3.63, 3.8) is 0 Å². The number of carbonyl (C=O) groups is 1. The number of benzene rings is 1. The van der Waals surface area contributed by atoms with E-state index in [2.05, 4.69) is 15.0 Å². The number of anilines is 1. The fourth-order valence-electron chi connectivity index (χ4n) is 1.98. The lowest BCUT2D eigenvalue weighted by molar-refractivity contribution is -0.384. The molecule has 0 fully saturated rings. The molecule has 0 aliphatic heterocycles. The van der Waals surface area contributed by atoms with E-state index >= 15 is 0 Å². The largest absolute Gasteiger partial charge is 0.465 e. The summed E-state index contributed by atoms with van der Waals surface area (Å²) in [5, 5.41) is 23.7. The number of hydrogen-bond donors (Lipinski definition) is 2. The van der Waals surface area contributed by atoms with Gasteiger partial charge in [0.2, 0.25) is 5.82 Å². The molecule has 2 N–H and O–H groups in total. The molecular weight excluding hydrogens is 321 g/mol. The molecule has 0 bridgehead atoms. The standard InChI is InChI=1S/C15H14FN3O5/c1-24-15(21)10-6-12(19(22)23)14(17-7-10)18-8-13(20)9-3-2-4-11(16)5-9/h2-7,13,20H,8H2,1H3,(H,17,18). The number of pyridine rings is 1. The summed E-state index contributed by atoms with van der Waals surface area (Å²) in [6.07, 6.45) is 0.0258. The van der Waals surface area contributed by atoms with Gasteiger partial charge in [0.05, 0.1) is 23.7 Å². The van der Waals surface area contributed by atoms with Gasteiger partial charge in [0.1, 0.15) is 5.82 Å². The normalized spacial score (nSPS) is 11.6. The summed E-state index contributed by atoms with van der Waals surface area (Å²) in [7, 11) is 1.15. The number of rotatable bonds is 6. The number of carbonyl (C=O) groups excluding carboxylic acids is 1. The highest BCUT2D eigenvalue weighted by atomic mass is 19.1. The Morgan fingerprint density at radius 1 is 1.50 bits per heavy atom. The van der Waals surface area contributed by atoms with Crippen molar-refractivity contribution >= 4 is 17.5 Å². The van der Waals surface area contributed by atoms with E-state index in [-0.39, 0.29) is 17.9 Å². The van der Waals surface area contributed by atoms with E-state index < -0.39 is 28.5 Å². The average Bonchev–Trinajstić information content (AvgIpc) is 2.58. The van der Waals surface area contributed by atoms with Gasteiger partial charge in [-0.05, 0) is 17.7 Å². The zero-order valence-corrected chi connectivity index (χ0v) is 12.6. The van der Waals surface area contributed by atoms with Crippen LogP contribution in [0.4, 0.5) is 15.9 Å². The van der Waals surface area contributed by atoms with Crippen LogP contribution in [0.3, 0.4) is 0 Å². The highest BCUT2D eigenvalue weighted by Crippen LogP contribution is 2.24. The molecule has 0 amide bonds. The zero-order chi connectivity index (χ0) is 17.7. The molecule has 1 aromatic heterocycles. The third-order valence-electron chi connectivity index (χ3n) is 3.18. The van der Waals surface area contributed by atoms with Crippen LogP contribution in [0, 0.1) is 15.9 Å². The van der Waals surface area contributed by atoms with Gasteiger partial charge in [-0.2, -0.15) is 0 Å². The highest BCUT2D eigenvalue weighted by molar-refractivity contribution is 5.90. The average molecular weight is 335 g/mol. The minimum atomic E-state index is -1.10. The number of nitro groups is 1. The molecular formula is C15H14FN3O5. The van der Waals surface area contributed by atoms with Crippen LogP contribution in [-0.2, 0) is 4.74 Å². The number of nitrogens with zero attached hydrogens (tertiary/aromatic N) is 2. The van der Waals surface area contributed by atoms with E-state index in [1.165, 1.54) is 18.2 Å². The van der Waals surface area contributed by atoms with Gasteiger partial charge in [-0.1, -0.05) is 12.1 Å². The predicted octanol–water partition coefficient (Wildman–Crippen LogP) is 2.06. The van der Waals surface area contributed by atoms with Crippen molar-refractivity contribution in [1.29, 1.82) is 0 Å². The van der Waals surface area contributed by atoms with Crippen molar-refractivity contribution in [3.05, 3.63) is 63.6 Å². The lowest BCUT2D eigenvalue weighted by Gasteiger charge is -2.13. The summed E-state index contributed by atoms with van der Waals surface area (Å²) in [6, 6.07) is 6.39. The van der Waals surface area contributed by atoms with Crippen molar-refractivity contribution < 1.29 is 24.0 Å². The number of nitrogens with one attached hydrogen (secondary N) is 1. The topological polar surface area (TPSA) is 115 Å². The molecule has 0 saturated carbocycles. The second-order valence-electron chi connectivity index (χ2n) is 4.79. The first-order valence-electron chi connectivity index (χ1n) is 6.82. The number of aromatic nitrogens is 1. The number of aliphatic hydroxyl groups is 1. The van der Waals surface area contributed by atoms with Crippen molar-refractivity contribution in [2.75, 3.05) is 19.0 Å². The van der Waals surface area contributed by atoms with E-state index in [1.54, 1.807) is 0 Å². The maximum Gasteiger partial charge on any atom is 0.339 e. The van der Waals surface area contributed by atoms with Crippen LogP contribution in [0.15, 0.2) is 36.5 Å². The van der Waals surface area contributed by atoms with E-state index in [0.29, 0.717) is 5.56 Å². The summed E-state index contributed by atoms with van der Waals surface area (Å²) in [6.45, 7) is -0.130. The van der Waals surface area contributed by atoms with Crippen LogP contribution in [0.1, 0.15) is 22.0 Å². The van der Waals surface area contributed by atoms with Gasteiger partial charge in [-0.3, -0.25) is 10.1 Å². The Labute approximate surface area is 136 Å². The molecule has 0 radical (unpaired) electrons. The third-order valence-corrected chi connectivity index (χ3v) is 3.18. The molecule has 1 heterocycles. The third kappa shape index (κ3) is 4.02. The van der Waals surface area contributed by atoms with E-state index in [9.17, 15) is 24.4 Å². The van der Waals surface area contributed by atoms with Crippen molar-refractivity contribution in [1.82, 2.24) is 4.98 Å². The number of ether oxygens (including phenoxy) is 1. The summed E-state index contributed by atoms with van der Waals surface area (Å²) in [4.78, 5) is 25.6. The first-order chi connectivity index (χ1) is 11.4. The molecule has 9 heteroatoms. The first kappa shape index (κ1) is 17.3.